The van der Waals surface area contributed by atoms with E-state index in [0.29, 0.717) is 48.0 Å². The first-order valence-corrected chi connectivity index (χ1v) is 22.8. The van der Waals surface area contributed by atoms with E-state index in [0.717, 1.165) is 66.1 Å². The molecule has 340 valence electrons. The Bertz CT molecular complexity index is 2480. The van der Waals surface area contributed by atoms with Gasteiger partial charge in [0.25, 0.3) is 6.47 Å². The van der Waals surface area contributed by atoms with Gasteiger partial charge in [-0.15, -0.1) is 0 Å². The van der Waals surface area contributed by atoms with Gasteiger partial charge in [0.15, 0.2) is 0 Å². The number of ether oxygens (including phenoxy) is 3. The van der Waals surface area contributed by atoms with Crippen molar-refractivity contribution in [3.8, 4) is 17.6 Å². The van der Waals surface area contributed by atoms with Gasteiger partial charge >= 0.3 is 6.09 Å². The van der Waals surface area contributed by atoms with Gasteiger partial charge in [0.05, 0.1) is 30.3 Å². The molecule has 1 amide bonds. The normalized spacial score (nSPS) is 24.4. The molecule has 8 rings (SSSR count). The van der Waals surface area contributed by atoms with Gasteiger partial charge in [0.1, 0.15) is 29.3 Å². The molecule has 0 aromatic carbocycles. The summed E-state index contributed by atoms with van der Waals surface area (Å²) in [6.07, 6.45) is 20.8. The molecule has 4 heterocycles. The summed E-state index contributed by atoms with van der Waals surface area (Å²) in [4.78, 5) is 43.9. The van der Waals surface area contributed by atoms with Gasteiger partial charge in [-0.1, -0.05) is 61.1 Å². The Balaban J connectivity index is 0.000000197. The molecule has 4 aliphatic rings. The van der Waals surface area contributed by atoms with Crippen molar-refractivity contribution in [1.82, 2.24) is 34.3 Å². The first-order chi connectivity index (χ1) is 30.7. The number of aromatic nitrogens is 5. The fraction of sp³-hybridized carbons (Fsp3) is 0.520. The van der Waals surface area contributed by atoms with Crippen LogP contribution in [0.25, 0.3) is 16.6 Å². The second kappa shape index (κ2) is 19.7. The van der Waals surface area contributed by atoms with Gasteiger partial charge < -0.3 is 34.3 Å². The molecule has 0 saturated heterocycles. The van der Waals surface area contributed by atoms with Crippen LogP contribution >= 0.6 is 11.6 Å². The summed E-state index contributed by atoms with van der Waals surface area (Å²) < 4.78 is 18.1. The first-order valence-electron chi connectivity index (χ1n) is 22.4. The largest absolute Gasteiger partial charge is 0.496 e. The number of nitrogens with two attached hydrogens (primary N) is 1. The quantitative estimate of drug-likeness (QED) is 0.0507. The molecule has 13 nitrogen and oxygen atoms in total. The highest BCUT2D eigenvalue weighted by Crippen LogP contribution is 2.66. The Labute approximate surface area is 382 Å². The number of hydrogen-bond acceptors (Lipinski definition) is 11. The topological polar surface area (TPSA) is 151 Å². The van der Waals surface area contributed by atoms with E-state index in [2.05, 4.69) is 69.9 Å². The first kappa shape index (κ1) is 46.5. The number of anilines is 1. The van der Waals surface area contributed by atoms with Crippen molar-refractivity contribution < 1.29 is 23.8 Å². The summed E-state index contributed by atoms with van der Waals surface area (Å²) >= 11 is 6.43. The summed E-state index contributed by atoms with van der Waals surface area (Å²) in [5.74, 6) is 9.30. The lowest BCUT2D eigenvalue weighted by Crippen LogP contribution is -2.50. The van der Waals surface area contributed by atoms with Crippen molar-refractivity contribution in [1.29, 1.82) is 0 Å². The summed E-state index contributed by atoms with van der Waals surface area (Å²) in [7, 11) is 7.25. The SMILES string of the molecule is CC12CCC(OC=O)CC1=CCC1C2CCC2(C)C(c3cccnc3)=CCC12.COc1c(C)cnc(Cn2cc(C#CCCOC(=O)N(C)CCN(C)C)c3c(Cl)nc(N)nc32)c1C. The zero-order valence-electron chi connectivity index (χ0n) is 38.6. The molecule has 6 unspecified atom stereocenters. The minimum atomic E-state index is -0.376. The number of carbonyl (C=O) groups excluding carboxylic acids is 2. The molecule has 4 aliphatic carbocycles. The lowest BCUT2D eigenvalue weighted by molar-refractivity contribution is -0.135. The zero-order valence-corrected chi connectivity index (χ0v) is 39.4. The molecule has 0 aliphatic heterocycles. The molecule has 4 aromatic rings. The third-order valence-electron chi connectivity index (χ3n) is 14.5. The van der Waals surface area contributed by atoms with Crippen molar-refractivity contribution in [2.24, 2.45) is 28.6 Å². The molecule has 6 atom stereocenters. The van der Waals surface area contributed by atoms with Crippen LogP contribution in [0.4, 0.5) is 10.7 Å². The van der Waals surface area contributed by atoms with Crippen molar-refractivity contribution in [3.05, 3.63) is 87.7 Å². The van der Waals surface area contributed by atoms with Gasteiger partial charge in [0.2, 0.25) is 5.95 Å². The Hall–Kier alpha value is -5.45. The third kappa shape index (κ3) is 9.50. The van der Waals surface area contributed by atoms with E-state index in [1.54, 1.807) is 30.8 Å². The Kier molecular flexibility index (Phi) is 14.4. The number of pyridine rings is 2. The molecule has 0 spiro atoms. The average Bonchev–Trinajstić information content (AvgIpc) is 3.81. The number of amides is 1. The van der Waals surface area contributed by atoms with Crippen molar-refractivity contribution in [3.63, 3.8) is 0 Å². The molecule has 0 bridgehead atoms. The number of rotatable bonds is 11. The summed E-state index contributed by atoms with van der Waals surface area (Å²) in [5.41, 5.74) is 14.8. The van der Waals surface area contributed by atoms with Crippen LogP contribution in [-0.2, 0) is 20.8 Å². The Morgan fingerprint density at radius 3 is 2.59 bits per heavy atom. The van der Waals surface area contributed by atoms with Gasteiger partial charge in [-0.05, 0) is 112 Å². The van der Waals surface area contributed by atoms with Gasteiger partial charge in [-0.25, -0.2) is 9.78 Å². The fourth-order valence-corrected chi connectivity index (χ4v) is 11.3. The van der Waals surface area contributed by atoms with E-state index in [4.69, 9.17) is 31.5 Å². The standard InChI is InChI=1S/C25H32ClN7O3.C25H31NO2/c1-16-13-28-19(17(2)21(16)35-6)15-33-14-18(20-22(26)29-24(27)30-23(20)33)9-7-8-12-36-25(34)32(5)11-10-31(3)4;1-24-11-9-19(28-16-27)14-18(24)5-6-20-22-8-7-21(17-4-3-13-26-15-17)25(22,2)12-10-23(20)24/h13-14H,8,10-12,15H2,1-6H3,(H2,27,29,30);3-5,7,13,15-16,19-20,22-23H,6,8-12,14H2,1-2H3. The maximum atomic E-state index is 12.1. The maximum Gasteiger partial charge on any atom is 0.409 e. The third-order valence-corrected chi connectivity index (χ3v) is 14.8. The monoisotopic (exact) mass is 890 g/mol. The molecule has 0 radical (unpaired) electrons. The van der Waals surface area contributed by atoms with Crippen LogP contribution < -0.4 is 10.5 Å². The fourth-order valence-electron chi connectivity index (χ4n) is 11.0. The van der Waals surface area contributed by atoms with Gasteiger partial charge in [-0.2, -0.15) is 4.98 Å². The number of methoxy groups -OCH3 is 1. The van der Waals surface area contributed by atoms with Crippen LogP contribution in [0.2, 0.25) is 5.15 Å². The number of carbonyl (C=O) groups is 2. The number of hydrogen-bond donors (Lipinski definition) is 1. The Morgan fingerprint density at radius 2 is 1.86 bits per heavy atom. The second-order valence-corrected chi connectivity index (χ2v) is 18.9. The summed E-state index contributed by atoms with van der Waals surface area (Å²) in [5, 5.41) is 0.830. The highest BCUT2D eigenvalue weighted by Gasteiger charge is 2.57. The minimum Gasteiger partial charge on any atom is -0.496 e. The van der Waals surface area contributed by atoms with Crippen LogP contribution in [0.15, 0.2) is 54.6 Å². The minimum absolute atomic E-state index is 0.0721. The van der Waals surface area contributed by atoms with Gasteiger partial charge in [-0.3, -0.25) is 14.8 Å². The number of halogens is 1. The summed E-state index contributed by atoms with van der Waals surface area (Å²) in [6, 6.07) is 4.29. The maximum absolute atomic E-state index is 12.1. The van der Waals surface area contributed by atoms with Gasteiger partial charge in [0, 0.05) is 68.9 Å². The molecular formula is C50H63ClN8O5. The lowest BCUT2D eigenvalue weighted by Gasteiger charge is -2.57. The van der Waals surface area contributed by atoms with Crippen LogP contribution in [-0.4, -0.2) is 101 Å². The highest BCUT2D eigenvalue weighted by molar-refractivity contribution is 6.34. The van der Waals surface area contributed by atoms with E-state index < -0.39 is 0 Å². The molecule has 64 heavy (non-hydrogen) atoms. The second-order valence-electron chi connectivity index (χ2n) is 18.6. The number of fused-ring (bicyclic) bond motifs is 6. The summed E-state index contributed by atoms with van der Waals surface area (Å²) in [6.45, 7) is 11.5. The van der Waals surface area contributed by atoms with E-state index in [1.807, 2.05) is 56.0 Å². The smallest absolute Gasteiger partial charge is 0.409 e. The molecule has 2 fully saturated rings. The van der Waals surface area contributed by atoms with E-state index in [-0.39, 0.29) is 35.3 Å². The van der Waals surface area contributed by atoms with Crippen LogP contribution in [0.3, 0.4) is 0 Å². The van der Waals surface area contributed by atoms with Crippen molar-refractivity contribution >= 4 is 46.7 Å². The van der Waals surface area contributed by atoms with Crippen molar-refractivity contribution in [2.45, 2.75) is 91.7 Å². The average molecular weight is 892 g/mol. The highest BCUT2D eigenvalue weighted by atomic mass is 35.5. The number of allylic oxidation sites excluding steroid dienone is 3. The molecule has 2 saturated carbocycles. The zero-order chi connectivity index (χ0) is 45.8. The lowest BCUT2D eigenvalue weighted by atomic mass is 9.47. The Morgan fingerprint density at radius 1 is 1.06 bits per heavy atom. The number of nitrogen functional groups attached to an aromatic ring is 1. The number of aryl methyl sites for hydroxylation is 1. The predicted octanol–water partition coefficient (Wildman–Crippen LogP) is 8.69. The van der Waals surface area contributed by atoms with E-state index in [1.165, 1.54) is 36.8 Å². The number of likely N-dealkylation sites (N-methyl/N-ethyl adjacent to an activating group) is 2. The predicted molar refractivity (Wildman–Crippen MR) is 251 cm³/mol. The van der Waals surface area contributed by atoms with Crippen LogP contribution in [0, 0.1) is 54.3 Å². The van der Waals surface area contributed by atoms with Crippen LogP contribution in [0.5, 0.6) is 5.75 Å². The van der Waals surface area contributed by atoms with Crippen LogP contribution in [0.1, 0.15) is 93.2 Å². The number of nitrogens with zero attached hydrogens (tertiary/aromatic N) is 7. The molecule has 2 N–H and O–H groups in total. The molecule has 14 heteroatoms. The molecular weight excluding hydrogens is 828 g/mol. The van der Waals surface area contributed by atoms with E-state index in [9.17, 15) is 9.59 Å². The van der Waals surface area contributed by atoms with Crippen molar-refractivity contribution in [2.75, 3.05) is 53.7 Å². The molecule has 4 aromatic heterocycles. The van der Waals surface area contributed by atoms with E-state index >= 15 is 0 Å².